The molecule has 0 aliphatic carbocycles. The standard InChI is InChI=1S/C22H25N3O2/c1-14(2)12-25-13-18(17-7-5-6-8-21(17)25)22(27)24-20-11-15(3)9-10-19(20)23-16(4)26/h5-11,13-14H,12H2,1-4H3,(H,23,26)(H,24,27). The second kappa shape index (κ2) is 7.66. The number of aryl methyl sites for hydroxylation is 1. The smallest absolute Gasteiger partial charge is 0.257 e. The minimum atomic E-state index is -0.189. The average Bonchev–Trinajstić information content (AvgIpc) is 2.95. The molecule has 0 atom stereocenters. The summed E-state index contributed by atoms with van der Waals surface area (Å²) in [6, 6.07) is 13.5. The number of hydrogen-bond acceptors (Lipinski definition) is 2. The van der Waals surface area contributed by atoms with Gasteiger partial charge in [0.15, 0.2) is 0 Å². The van der Waals surface area contributed by atoms with Gasteiger partial charge in [0.05, 0.1) is 16.9 Å². The lowest BCUT2D eigenvalue weighted by Crippen LogP contribution is -2.15. The second-order valence-corrected chi connectivity index (χ2v) is 7.29. The van der Waals surface area contributed by atoms with E-state index in [9.17, 15) is 9.59 Å². The van der Waals surface area contributed by atoms with E-state index < -0.39 is 0 Å². The maximum absolute atomic E-state index is 13.0. The summed E-state index contributed by atoms with van der Waals surface area (Å²) in [5.41, 5.74) is 3.86. The van der Waals surface area contributed by atoms with Crippen LogP contribution in [-0.4, -0.2) is 16.4 Å². The number of nitrogens with zero attached hydrogens (tertiary/aromatic N) is 1. The molecular formula is C22H25N3O2. The third-order valence-corrected chi connectivity index (χ3v) is 4.33. The van der Waals surface area contributed by atoms with E-state index in [2.05, 4.69) is 29.0 Å². The molecule has 2 amide bonds. The van der Waals surface area contributed by atoms with Crippen molar-refractivity contribution in [3.63, 3.8) is 0 Å². The van der Waals surface area contributed by atoms with Crippen LogP contribution in [0.5, 0.6) is 0 Å². The predicted molar refractivity (Wildman–Crippen MR) is 110 cm³/mol. The summed E-state index contributed by atoms with van der Waals surface area (Å²) in [5, 5.41) is 6.65. The van der Waals surface area contributed by atoms with Crippen LogP contribution in [-0.2, 0) is 11.3 Å². The Kier molecular flexibility index (Phi) is 5.31. The number of rotatable bonds is 5. The van der Waals surface area contributed by atoms with Gasteiger partial charge in [0.1, 0.15) is 0 Å². The Morgan fingerprint density at radius 1 is 1.04 bits per heavy atom. The van der Waals surface area contributed by atoms with Gasteiger partial charge in [-0.2, -0.15) is 0 Å². The Morgan fingerprint density at radius 2 is 1.78 bits per heavy atom. The molecule has 0 aliphatic heterocycles. The van der Waals surface area contributed by atoms with Crippen LogP contribution in [0.15, 0.2) is 48.7 Å². The lowest BCUT2D eigenvalue weighted by molar-refractivity contribution is -0.114. The van der Waals surface area contributed by atoms with Gasteiger partial charge in [-0.25, -0.2) is 0 Å². The summed E-state index contributed by atoms with van der Waals surface area (Å²) in [5.74, 6) is 0.105. The van der Waals surface area contributed by atoms with E-state index in [1.165, 1.54) is 6.92 Å². The summed E-state index contributed by atoms with van der Waals surface area (Å²) in [4.78, 5) is 24.5. The fourth-order valence-corrected chi connectivity index (χ4v) is 3.22. The van der Waals surface area contributed by atoms with E-state index in [4.69, 9.17) is 0 Å². The number of amides is 2. The summed E-state index contributed by atoms with van der Waals surface area (Å²) in [6.07, 6.45) is 1.91. The zero-order chi connectivity index (χ0) is 19.6. The van der Waals surface area contributed by atoms with Crippen LogP contribution in [0.3, 0.4) is 0 Å². The first-order valence-corrected chi connectivity index (χ1v) is 9.12. The van der Waals surface area contributed by atoms with Crippen molar-refractivity contribution in [3.05, 3.63) is 59.8 Å². The van der Waals surface area contributed by atoms with Crippen molar-refractivity contribution < 1.29 is 9.59 Å². The van der Waals surface area contributed by atoms with Crippen LogP contribution < -0.4 is 10.6 Å². The van der Waals surface area contributed by atoms with Crippen LogP contribution in [0, 0.1) is 12.8 Å². The van der Waals surface area contributed by atoms with Gasteiger partial charge in [-0.1, -0.05) is 38.1 Å². The van der Waals surface area contributed by atoms with Crippen molar-refractivity contribution in [3.8, 4) is 0 Å². The van der Waals surface area contributed by atoms with Gasteiger partial charge in [-0.05, 0) is 36.6 Å². The normalized spacial score (nSPS) is 11.0. The van der Waals surface area contributed by atoms with Crippen LogP contribution in [0.4, 0.5) is 11.4 Å². The summed E-state index contributed by atoms with van der Waals surface area (Å²) >= 11 is 0. The van der Waals surface area contributed by atoms with Gasteiger partial charge in [0.2, 0.25) is 5.91 Å². The first kappa shape index (κ1) is 18.7. The quantitative estimate of drug-likeness (QED) is 0.683. The Balaban J connectivity index is 1.98. The highest BCUT2D eigenvalue weighted by molar-refractivity contribution is 6.14. The molecule has 0 radical (unpaired) electrons. The Bertz CT molecular complexity index is 1000. The number of hydrogen-bond donors (Lipinski definition) is 2. The van der Waals surface area contributed by atoms with Gasteiger partial charge in [0.25, 0.3) is 5.91 Å². The first-order valence-electron chi connectivity index (χ1n) is 9.12. The molecule has 2 aromatic carbocycles. The topological polar surface area (TPSA) is 63.1 Å². The lowest BCUT2D eigenvalue weighted by atomic mass is 10.1. The largest absolute Gasteiger partial charge is 0.346 e. The third kappa shape index (κ3) is 4.19. The van der Waals surface area contributed by atoms with Crippen molar-refractivity contribution >= 4 is 34.1 Å². The number of fused-ring (bicyclic) bond motifs is 1. The zero-order valence-corrected chi connectivity index (χ0v) is 16.2. The van der Waals surface area contributed by atoms with Crippen LogP contribution in [0.25, 0.3) is 10.9 Å². The molecule has 27 heavy (non-hydrogen) atoms. The molecule has 2 N–H and O–H groups in total. The van der Waals surface area contributed by atoms with E-state index >= 15 is 0 Å². The summed E-state index contributed by atoms with van der Waals surface area (Å²) in [6.45, 7) is 8.55. The molecule has 0 aliphatic rings. The fraction of sp³-hybridized carbons (Fsp3) is 0.273. The first-order chi connectivity index (χ1) is 12.8. The van der Waals surface area contributed by atoms with Crippen molar-refractivity contribution in [1.29, 1.82) is 0 Å². The molecule has 0 saturated carbocycles. The van der Waals surface area contributed by atoms with E-state index in [-0.39, 0.29) is 11.8 Å². The number of aromatic nitrogens is 1. The molecule has 0 bridgehead atoms. The van der Waals surface area contributed by atoms with Gasteiger partial charge in [-0.15, -0.1) is 0 Å². The van der Waals surface area contributed by atoms with Crippen molar-refractivity contribution in [1.82, 2.24) is 4.57 Å². The van der Waals surface area contributed by atoms with E-state index in [1.54, 1.807) is 6.07 Å². The third-order valence-electron chi connectivity index (χ3n) is 4.33. The maximum atomic E-state index is 13.0. The molecule has 0 saturated heterocycles. The number of anilines is 2. The Hall–Kier alpha value is -3.08. The van der Waals surface area contributed by atoms with Gasteiger partial charge < -0.3 is 15.2 Å². The summed E-state index contributed by atoms with van der Waals surface area (Å²) in [7, 11) is 0. The predicted octanol–water partition coefficient (Wildman–Crippen LogP) is 4.82. The van der Waals surface area contributed by atoms with E-state index in [0.29, 0.717) is 22.9 Å². The number of para-hydroxylation sites is 1. The molecule has 0 fully saturated rings. The highest BCUT2D eigenvalue weighted by atomic mass is 16.2. The van der Waals surface area contributed by atoms with Gasteiger partial charge in [0, 0.05) is 30.6 Å². The minimum Gasteiger partial charge on any atom is -0.346 e. The lowest BCUT2D eigenvalue weighted by Gasteiger charge is -2.12. The maximum Gasteiger partial charge on any atom is 0.257 e. The second-order valence-electron chi connectivity index (χ2n) is 7.29. The molecule has 1 aromatic heterocycles. The highest BCUT2D eigenvalue weighted by Crippen LogP contribution is 2.27. The summed E-state index contributed by atoms with van der Waals surface area (Å²) < 4.78 is 2.12. The van der Waals surface area contributed by atoms with Crippen molar-refractivity contribution in [2.45, 2.75) is 34.2 Å². The molecule has 140 valence electrons. The van der Waals surface area contributed by atoms with Crippen molar-refractivity contribution in [2.24, 2.45) is 5.92 Å². The van der Waals surface area contributed by atoms with Crippen LogP contribution >= 0.6 is 0 Å². The van der Waals surface area contributed by atoms with E-state index in [0.717, 1.165) is 23.0 Å². The fourth-order valence-electron chi connectivity index (χ4n) is 3.22. The van der Waals surface area contributed by atoms with Crippen molar-refractivity contribution in [2.75, 3.05) is 10.6 Å². The molecular weight excluding hydrogens is 338 g/mol. The Morgan fingerprint density at radius 3 is 2.48 bits per heavy atom. The van der Waals surface area contributed by atoms with E-state index in [1.807, 2.05) is 49.5 Å². The molecule has 3 aromatic rings. The molecule has 5 nitrogen and oxygen atoms in total. The molecule has 1 heterocycles. The monoisotopic (exact) mass is 363 g/mol. The average molecular weight is 363 g/mol. The van der Waals surface area contributed by atoms with Crippen LogP contribution in [0.1, 0.15) is 36.7 Å². The molecule has 5 heteroatoms. The zero-order valence-electron chi connectivity index (χ0n) is 16.2. The highest BCUT2D eigenvalue weighted by Gasteiger charge is 2.17. The number of carbonyl (C=O) groups is 2. The SMILES string of the molecule is CC(=O)Nc1ccc(C)cc1NC(=O)c1cn(CC(C)C)c2ccccc12. The minimum absolute atomic E-state index is 0.178. The van der Waals surface area contributed by atoms with Gasteiger partial charge >= 0.3 is 0 Å². The van der Waals surface area contributed by atoms with Crippen LogP contribution in [0.2, 0.25) is 0 Å². The number of carbonyl (C=O) groups excluding carboxylic acids is 2. The molecule has 0 unspecified atom stereocenters. The van der Waals surface area contributed by atoms with Gasteiger partial charge in [-0.3, -0.25) is 9.59 Å². The molecule has 0 spiro atoms. The molecule has 3 rings (SSSR count). The number of benzene rings is 2. The number of nitrogens with one attached hydrogen (secondary N) is 2. The Labute approximate surface area is 159 Å².